The van der Waals surface area contributed by atoms with Gasteiger partial charge in [-0.15, -0.1) is 0 Å². The minimum absolute atomic E-state index is 0.209. The first-order valence-electron chi connectivity index (χ1n) is 7.49. The summed E-state index contributed by atoms with van der Waals surface area (Å²) in [4.78, 5) is 14.3. The van der Waals surface area contributed by atoms with Gasteiger partial charge in [-0.05, 0) is 43.9 Å². The van der Waals surface area contributed by atoms with Crippen molar-refractivity contribution in [2.45, 2.75) is 45.1 Å². The number of nitrogens with zero attached hydrogens (tertiary/aromatic N) is 1. The Labute approximate surface area is 120 Å². The van der Waals surface area contributed by atoms with Crippen LogP contribution in [0.3, 0.4) is 0 Å². The average Bonchev–Trinajstić information content (AvgIpc) is 2.47. The Morgan fingerprint density at radius 2 is 2.30 bits per heavy atom. The SMILES string of the molecule is CCC1CCCCN1C(=O)CCNc1cccc(F)c1. The van der Waals surface area contributed by atoms with Crippen LogP contribution < -0.4 is 5.32 Å². The van der Waals surface area contributed by atoms with Gasteiger partial charge in [0.05, 0.1) is 0 Å². The molecule has 1 unspecified atom stereocenters. The molecule has 0 aliphatic carbocycles. The average molecular weight is 278 g/mol. The van der Waals surface area contributed by atoms with Crippen molar-refractivity contribution in [2.24, 2.45) is 0 Å². The summed E-state index contributed by atoms with van der Waals surface area (Å²) >= 11 is 0. The third-order valence-electron chi connectivity index (χ3n) is 3.91. The number of anilines is 1. The molecule has 1 saturated heterocycles. The van der Waals surface area contributed by atoms with Crippen LogP contribution in [0.1, 0.15) is 39.0 Å². The van der Waals surface area contributed by atoms with Crippen molar-refractivity contribution in [2.75, 3.05) is 18.4 Å². The van der Waals surface area contributed by atoms with Crippen LogP contribution in [0.2, 0.25) is 0 Å². The first kappa shape index (κ1) is 14.8. The van der Waals surface area contributed by atoms with Gasteiger partial charge < -0.3 is 10.2 Å². The van der Waals surface area contributed by atoms with Gasteiger partial charge in [0.25, 0.3) is 0 Å². The van der Waals surface area contributed by atoms with E-state index in [0.29, 0.717) is 19.0 Å². The van der Waals surface area contributed by atoms with Gasteiger partial charge in [-0.3, -0.25) is 4.79 Å². The lowest BCUT2D eigenvalue weighted by Gasteiger charge is -2.35. The number of likely N-dealkylation sites (tertiary alicyclic amines) is 1. The Kier molecular flexibility index (Phi) is 5.39. The van der Waals surface area contributed by atoms with Crippen molar-refractivity contribution < 1.29 is 9.18 Å². The van der Waals surface area contributed by atoms with E-state index in [1.54, 1.807) is 6.07 Å². The zero-order chi connectivity index (χ0) is 14.4. The zero-order valence-electron chi connectivity index (χ0n) is 12.1. The predicted molar refractivity (Wildman–Crippen MR) is 79.1 cm³/mol. The number of carbonyl (C=O) groups excluding carboxylic acids is 1. The summed E-state index contributed by atoms with van der Waals surface area (Å²) in [5.74, 6) is -0.0520. The molecule has 1 aromatic rings. The molecule has 0 aromatic heterocycles. The lowest BCUT2D eigenvalue weighted by atomic mass is 9.99. The van der Waals surface area contributed by atoms with Gasteiger partial charge in [0, 0.05) is 31.2 Å². The van der Waals surface area contributed by atoms with Crippen LogP contribution in [-0.4, -0.2) is 29.9 Å². The fourth-order valence-electron chi connectivity index (χ4n) is 2.81. The number of rotatable bonds is 5. The van der Waals surface area contributed by atoms with Crippen LogP contribution in [-0.2, 0) is 4.79 Å². The highest BCUT2D eigenvalue weighted by Crippen LogP contribution is 2.20. The molecular formula is C16H23FN2O. The molecule has 1 aromatic carbocycles. The molecule has 1 atom stereocenters. The van der Waals surface area contributed by atoms with Crippen LogP contribution in [0.4, 0.5) is 10.1 Å². The number of benzene rings is 1. The van der Waals surface area contributed by atoms with Gasteiger partial charge in [0.1, 0.15) is 5.82 Å². The third kappa shape index (κ3) is 3.95. The monoisotopic (exact) mass is 278 g/mol. The number of carbonyl (C=O) groups is 1. The van der Waals surface area contributed by atoms with Gasteiger partial charge >= 0.3 is 0 Å². The normalized spacial score (nSPS) is 18.9. The summed E-state index contributed by atoms with van der Waals surface area (Å²) in [5, 5.41) is 3.10. The van der Waals surface area contributed by atoms with E-state index in [9.17, 15) is 9.18 Å². The van der Waals surface area contributed by atoms with E-state index in [1.165, 1.54) is 18.6 Å². The highest BCUT2D eigenvalue weighted by molar-refractivity contribution is 5.77. The second-order valence-electron chi connectivity index (χ2n) is 5.33. The molecule has 20 heavy (non-hydrogen) atoms. The van der Waals surface area contributed by atoms with Gasteiger partial charge in [0.15, 0.2) is 0 Å². The Morgan fingerprint density at radius 1 is 1.45 bits per heavy atom. The van der Waals surface area contributed by atoms with Gasteiger partial charge in [0.2, 0.25) is 5.91 Å². The maximum Gasteiger partial charge on any atom is 0.224 e. The number of amides is 1. The predicted octanol–water partition coefficient (Wildman–Crippen LogP) is 3.42. The zero-order valence-corrected chi connectivity index (χ0v) is 12.1. The fraction of sp³-hybridized carbons (Fsp3) is 0.562. The van der Waals surface area contributed by atoms with Crippen molar-refractivity contribution in [3.63, 3.8) is 0 Å². The lowest BCUT2D eigenvalue weighted by Crippen LogP contribution is -2.43. The molecule has 0 spiro atoms. The van der Waals surface area contributed by atoms with Crippen LogP contribution in [0.25, 0.3) is 0 Å². The maximum absolute atomic E-state index is 13.0. The summed E-state index contributed by atoms with van der Waals surface area (Å²) in [6.07, 6.45) is 4.96. The first-order valence-corrected chi connectivity index (χ1v) is 7.49. The molecule has 0 radical (unpaired) electrons. The van der Waals surface area contributed by atoms with Crippen molar-refractivity contribution in [3.05, 3.63) is 30.1 Å². The number of hydrogen-bond acceptors (Lipinski definition) is 2. The second-order valence-corrected chi connectivity index (χ2v) is 5.33. The molecule has 1 amide bonds. The third-order valence-corrected chi connectivity index (χ3v) is 3.91. The molecule has 4 heteroatoms. The smallest absolute Gasteiger partial charge is 0.224 e. The van der Waals surface area contributed by atoms with E-state index in [2.05, 4.69) is 12.2 Å². The summed E-state index contributed by atoms with van der Waals surface area (Å²) in [6.45, 7) is 3.58. The van der Waals surface area contributed by atoms with E-state index in [0.717, 1.165) is 31.5 Å². The molecule has 2 rings (SSSR count). The van der Waals surface area contributed by atoms with Gasteiger partial charge in [-0.25, -0.2) is 4.39 Å². The quantitative estimate of drug-likeness (QED) is 0.895. The number of halogens is 1. The van der Waals surface area contributed by atoms with E-state index in [4.69, 9.17) is 0 Å². The number of piperidine rings is 1. The summed E-state index contributed by atoms with van der Waals surface area (Å²) in [6, 6.07) is 6.74. The summed E-state index contributed by atoms with van der Waals surface area (Å²) in [7, 11) is 0. The van der Waals surface area contributed by atoms with E-state index in [-0.39, 0.29) is 11.7 Å². The Bertz CT molecular complexity index is 450. The number of nitrogens with one attached hydrogen (secondary N) is 1. The molecule has 1 aliphatic rings. The van der Waals surface area contributed by atoms with Crippen LogP contribution in [0.5, 0.6) is 0 Å². The molecule has 3 nitrogen and oxygen atoms in total. The van der Waals surface area contributed by atoms with Gasteiger partial charge in [-0.1, -0.05) is 13.0 Å². The highest BCUT2D eigenvalue weighted by atomic mass is 19.1. The molecule has 1 N–H and O–H groups in total. The van der Waals surface area contributed by atoms with Crippen molar-refractivity contribution in [1.29, 1.82) is 0 Å². The minimum Gasteiger partial charge on any atom is -0.384 e. The molecule has 1 heterocycles. The Balaban J connectivity index is 1.79. The van der Waals surface area contributed by atoms with E-state index in [1.807, 2.05) is 11.0 Å². The number of hydrogen-bond donors (Lipinski definition) is 1. The molecular weight excluding hydrogens is 255 g/mol. The van der Waals surface area contributed by atoms with Crippen molar-refractivity contribution in [1.82, 2.24) is 4.90 Å². The first-order chi connectivity index (χ1) is 9.70. The van der Waals surface area contributed by atoms with E-state index >= 15 is 0 Å². The Hall–Kier alpha value is -1.58. The van der Waals surface area contributed by atoms with E-state index < -0.39 is 0 Å². The summed E-state index contributed by atoms with van der Waals surface area (Å²) in [5.41, 5.74) is 0.725. The topological polar surface area (TPSA) is 32.3 Å². The highest BCUT2D eigenvalue weighted by Gasteiger charge is 2.24. The molecule has 1 aliphatic heterocycles. The van der Waals surface area contributed by atoms with Crippen molar-refractivity contribution in [3.8, 4) is 0 Å². The summed E-state index contributed by atoms with van der Waals surface area (Å²) < 4.78 is 13.0. The van der Waals surface area contributed by atoms with Crippen LogP contribution in [0, 0.1) is 5.82 Å². The maximum atomic E-state index is 13.0. The Morgan fingerprint density at radius 3 is 3.05 bits per heavy atom. The second kappa shape index (κ2) is 7.27. The van der Waals surface area contributed by atoms with Crippen LogP contribution >= 0.6 is 0 Å². The molecule has 0 saturated carbocycles. The van der Waals surface area contributed by atoms with Crippen molar-refractivity contribution >= 4 is 11.6 Å². The van der Waals surface area contributed by atoms with Crippen LogP contribution in [0.15, 0.2) is 24.3 Å². The molecule has 110 valence electrons. The lowest BCUT2D eigenvalue weighted by molar-refractivity contribution is -0.134. The molecule has 1 fully saturated rings. The van der Waals surface area contributed by atoms with Gasteiger partial charge in [-0.2, -0.15) is 0 Å². The fourth-order valence-corrected chi connectivity index (χ4v) is 2.81. The standard InChI is InChI=1S/C16H23FN2O/c1-2-15-8-3-4-11-19(15)16(20)9-10-18-14-7-5-6-13(17)12-14/h5-7,12,15,18H,2-4,8-11H2,1H3. The minimum atomic E-state index is -0.261. The molecule has 0 bridgehead atoms. The largest absolute Gasteiger partial charge is 0.384 e.